The molecule has 6 atom stereocenters. The third kappa shape index (κ3) is 23.8. The third-order valence-corrected chi connectivity index (χ3v) is 9.08. The quantitative estimate of drug-likeness (QED) is 0.0262. The molecule has 1 aliphatic heterocycles. The molecule has 0 aromatic heterocycles. The molecule has 0 aromatic carbocycles. The minimum Gasteiger partial charge on any atom is -0.457 e. The van der Waals surface area contributed by atoms with Gasteiger partial charge in [-0.3, -0.25) is 9.35 Å². The Morgan fingerprint density at radius 1 is 0.755 bits per heavy atom. The number of unbranched alkanes of at least 4 members (excludes halogenated alkanes) is 17. The number of esters is 1. The van der Waals surface area contributed by atoms with E-state index >= 15 is 0 Å². The van der Waals surface area contributed by atoms with Gasteiger partial charge >= 0.3 is 16.4 Å². The standard InChI is InChI=1S/C36H68O12S/c1-3-5-7-9-11-13-15-16-18-20-22-24-26-44-28-30(46-32(38)25-23-21-19-17-14-12-10-8-6-4-2)29-45-36-34(40)35(48-49(41,42)43)33(39)31(27-37)47-36/h8,10,30-31,33-37,39-40H,3-7,9,11-29H2,1-2H3,(H,41,42,43)/b10-8-. The largest absolute Gasteiger partial charge is 0.457 e. The van der Waals surface area contributed by atoms with Crippen molar-refractivity contribution in [1.82, 2.24) is 0 Å². The van der Waals surface area contributed by atoms with Crippen molar-refractivity contribution in [2.24, 2.45) is 0 Å². The summed E-state index contributed by atoms with van der Waals surface area (Å²) in [7, 11) is -5.05. The van der Waals surface area contributed by atoms with Crippen molar-refractivity contribution in [2.75, 3.05) is 26.4 Å². The highest BCUT2D eigenvalue weighted by Gasteiger charge is 2.48. The van der Waals surface area contributed by atoms with Gasteiger partial charge in [-0.1, -0.05) is 122 Å². The Morgan fingerprint density at radius 2 is 1.33 bits per heavy atom. The zero-order chi connectivity index (χ0) is 36.2. The molecule has 0 bridgehead atoms. The number of hydrogen-bond donors (Lipinski definition) is 4. The van der Waals surface area contributed by atoms with Crippen LogP contribution in [0.25, 0.3) is 0 Å². The number of carbonyl (C=O) groups excluding carboxylic acids is 1. The van der Waals surface area contributed by atoms with Gasteiger partial charge < -0.3 is 34.3 Å². The van der Waals surface area contributed by atoms with Gasteiger partial charge in [0.05, 0.1) is 19.8 Å². The van der Waals surface area contributed by atoms with E-state index in [2.05, 4.69) is 30.2 Å². The lowest BCUT2D eigenvalue weighted by Crippen LogP contribution is -2.60. The van der Waals surface area contributed by atoms with Crippen LogP contribution < -0.4 is 0 Å². The first-order valence-electron chi connectivity index (χ1n) is 18.9. The lowest BCUT2D eigenvalue weighted by atomic mass is 9.99. The molecule has 0 aromatic rings. The van der Waals surface area contributed by atoms with Crippen molar-refractivity contribution in [3.63, 3.8) is 0 Å². The molecule has 0 saturated carbocycles. The topological polar surface area (TPSA) is 178 Å². The molecule has 1 aliphatic rings. The van der Waals surface area contributed by atoms with Gasteiger partial charge in [0, 0.05) is 13.0 Å². The van der Waals surface area contributed by atoms with Crippen LogP contribution in [0.2, 0.25) is 0 Å². The summed E-state index contributed by atoms with van der Waals surface area (Å²) < 4.78 is 58.7. The minimum atomic E-state index is -5.05. The third-order valence-electron chi connectivity index (χ3n) is 8.62. The molecular formula is C36H68O12S. The highest BCUT2D eigenvalue weighted by molar-refractivity contribution is 7.80. The van der Waals surface area contributed by atoms with Crippen LogP contribution in [0.4, 0.5) is 0 Å². The molecule has 4 N–H and O–H groups in total. The van der Waals surface area contributed by atoms with Crippen molar-refractivity contribution in [3.05, 3.63) is 12.2 Å². The van der Waals surface area contributed by atoms with E-state index in [9.17, 15) is 28.5 Å². The summed E-state index contributed by atoms with van der Waals surface area (Å²) in [5.74, 6) is -0.411. The maximum atomic E-state index is 12.7. The Bertz CT molecular complexity index is 931. The van der Waals surface area contributed by atoms with E-state index in [1.165, 1.54) is 57.8 Å². The normalized spacial score (nSPS) is 22.1. The fourth-order valence-corrected chi connectivity index (χ4v) is 6.24. The maximum absolute atomic E-state index is 12.7. The van der Waals surface area contributed by atoms with Gasteiger partial charge in [-0.2, -0.15) is 8.42 Å². The number of rotatable bonds is 32. The Hall–Kier alpha value is -1.16. The molecule has 1 rings (SSSR count). The molecule has 6 unspecified atom stereocenters. The summed E-state index contributed by atoms with van der Waals surface area (Å²) >= 11 is 0. The predicted octanol–water partition coefficient (Wildman–Crippen LogP) is 6.35. The first-order valence-corrected chi connectivity index (χ1v) is 20.3. The average molecular weight is 725 g/mol. The van der Waals surface area contributed by atoms with Crippen molar-refractivity contribution in [3.8, 4) is 0 Å². The minimum absolute atomic E-state index is 0.0368. The zero-order valence-corrected chi connectivity index (χ0v) is 31.1. The molecule has 0 spiro atoms. The van der Waals surface area contributed by atoms with Gasteiger partial charge in [0.25, 0.3) is 0 Å². The van der Waals surface area contributed by atoms with Crippen LogP contribution in [0.3, 0.4) is 0 Å². The summed E-state index contributed by atoms with van der Waals surface area (Å²) in [6.45, 7) is 3.89. The Kier molecular flexibility index (Phi) is 27.5. The molecule has 1 fully saturated rings. The van der Waals surface area contributed by atoms with Gasteiger partial charge in [-0.25, -0.2) is 4.18 Å². The van der Waals surface area contributed by atoms with E-state index in [4.69, 9.17) is 23.5 Å². The number of aliphatic hydroxyl groups is 3. The van der Waals surface area contributed by atoms with Gasteiger partial charge in [-0.15, -0.1) is 0 Å². The second-order valence-corrected chi connectivity index (χ2v) is 14.2. The number of carbonyl (C=O) groups is 1. The van der Waals surface area contributed by atoms with Gasteiger partial charge in [0.1, 0.15) is 30.5 Å². The van der Waals surface area contributed by atoms with Crippen LogP contribution in [0, 0.1) is 0 Å². The van der Waals surface area contributed by atoms with E-state index in [1.807, 2.05) is 0 Å². The molecule has 1 heterocycles. The monoisotopic (exact) mass is 724 g/mol. The van der Waals surface area contributed by atoms with Crippen molar-refractivity contribution in [1.29, 1.82) is 0 Å². The van der Waals surface area contributed by atoms with Crippen LogP contribution in [0.1, 0.15) is 149 Å². The van der Waals surface area contributed by atoms with Crippen molar-refractivity contribution >= 4 is 16.4 Å². The van der Waals surface area contributed by atoms with Crippen LogP contribution >= 0.6 is 0 Å². The SMILES string of the molecule is CCC/C=C\CCCCCCCC(=O)OC(COCCCCCCCCCCCCCC)COC1OC(CO)C(O)C(OS(=O)(=O)O)C1O. The Labute approximate surface area is 296 Å². The summed E-state index contributed by atoms with van der Waals surface area (Å²) in [6.07, 6.45) is 18.3. The second-order valence-electron chi connectivity index (χ2n) is 13.2. The average Bonchev–Trinajstić information content (AvgIpc) is 3.06. The fraction of sp³-hybridized carbons (Fsp3) is 0.917. The van der Waals surface area contributed by atoms with E-state index in [-0.39, 0.29) is 19.6 Å². The molecule has 12 nitrogen and oxygen atoms in total. The molecule has 0 radical (unpaired) electrons. The number of hydrogen-bond acceptors (Lipinski definition) is 11. The lowest BCUT2D eigenvalue weighted by Gasteiger charge is -2.41. The van der Waals surface area contributed by atoms with Crippen molar-refractivity contribution in [2.45, 2.75) is 185 Å². The smallest absolute Gasteiger partial charge is 0.397 e. The van der Waals surface area contributed by atoms with Crippen molar-refractivity contribution < 1.29 is 56.2 Å². The fourth-order valence-electron chi connectivity index (χ4n) is 5.73. The number of ether oxygens (including phenoxy) is 4. The number of allylic oxidation sites excluding steroid dienone is 2. The highest BCUT2D eigenvalue weighted by Crippen LogP contribution is 2.26. The second kappa shape index (κ2) is 29.4. The first-order chi connectivity index (χ1) is 23.6. The summed E-state index contributed by atoms with van der Waals surface area (Å²) in [5, 5.41) is 30.5. The van der Waals surface area contributed by atoms with Crippen LogP contribution in [-0.2, 0) is 38.3 Å². The predicted molar refractivity (Wildman–Crippen MR) is 188 cm³/mol. The molecular weight excluding hydrogens is 656 g/mol. The summed E-state index contributed by atoms with van der Waals surface area (Å²) in [4.78, 5) is 12.7. The molecule has 0 aliphatic carbocycles. The van der Waals surface area contributed by atoms with Crippen LogP contribution in [0.5, 0.6) is 0 Å². The number of aliphatic hydroxyl groups excluding tert-OH is 3. The first kappa shape index (κ1) is 45.9. The zero-order valence-electron chi connectivity index (χ0n) is 30.3. The van der Waals surface area contributed by atoms with E-state index in [1.54, 1.807) is 0 Å². The van der Waals surface area contributed by atoms with E-state index in [0.717, 1.165) is 64.2 Å². The summed E-state index contributed by atoms with van der Waals surface area (Å²) in [6, 6.07) is 0. The molecule has 13 heteroatoms. The van der Waals surface area contributed by atoms with E-state index in [0.29, 0.717) is 13.0 Å². The van der Waals surface area contributed by atoms with Crippen LogP contribution in [-0.4, -0.2) is 97.5 Å². The van der Waals surface area contributed by atoms with E-state index < -0.39 is 59.8 Å². The molecule has 0 amide bonds. The van der Waals surface area contributed by atoms with Gasteiger partial charge in [0.2, 0.25) is 0 Å². The summed E-state index contributed by atoms with van der Waals surface area (Å²) in [5.41, 5.74) is 0. The Balaban J connectivity index is 2.52. The maximum Gasteiger partial charge on any atom is 0.397 e. The molecule has 1 saturated heterocycles. The Morgan fingerprint density at radius 3 is 1.92 bits per heavy atom. The molecule has 49 heavy (non-hydrogen) atoms. The lowest BCUT2D eigenvalue weighted by molar-refractivity contribution is -0.301. The molecule has 290 valence electrons. The van der Waals surface area contributed by atoms with Gasteiger partial charge in [-0.05, 0) is 32.1 Å². The highest BCUT2D eigenvalue weighted by atomic mass is 32.3. The van der Waals surface area contributed by atoms with Gasteiger partial charge in [0.15, 0.2) is 6.29 Å². The van der Waals surface area contributed by atoms with Crippen LogP contribution in [0.15, 0.2) is 12.2 Å².